The van der Waals surface area contributed by atoms with Crippen LogP contribution in [-0.2, 0) is 0 Å². The van der Waals surface area contributed by atoms with Crippen LogP contribution in [0.5, 0.6) is 0 Å². The monoisotopic (exact) mass is 215 g/mol. The Hall–Kier alpha value is -1.48. The molecule has 2 N–H and O–H groups in total. The molecule has 0 aliphatic heterocycles. The molecular weight excluding hydrogens is 198 g/mol. The van der Waals surface area contributed by atoms with Crippen molar-refractivity contribution in [2.75, 3.05) is 0 Å². The lowest BCUT2D eigenvalue weighted by Crippen LogP contribution is -2.25. The van der Waals surface area contributed by atoms with Crippen molar-refractivity contribution in [2.45, 2.75) is 32.2 Å². The molecule has 1 aromatic heterocycles. The van der Waals surface area contributed by atoms with Crippen molar-refractivity contribution in [1.29, 1.82) is 0 Å². The van der Waals surface area contributed by atoms with Gasteiger partial charge >= 0.3 is 0 Å². The molecule has 0 saturated heterocycles. The summed E-state index contributed by atoms with van der Waals surface area (Å²) in [7, 11) is 0. The topological polar surface area (TPSA) is 51.8 Å². The summed E-state index contributed by atoms with van der Waals surface area (Å²) >= 11 is 0. The highest BCUT2D eigenvalue weighted by atomic mass is 15.1. The fourth-order valence-corrected chi connectivity index (χ4v) is 1.97. The van der Waals surface area contributed by atoms with Crippen LogP contribution in [0, 0.1) is 0 Å². The van der Waals surface area contributed by atoms with Gasteiger partial charge in [0, 0.05) is 11.4 Å². The zero-order chi connectivity index (χ0) is 11.5. The van der Waals surface area contributed by atoms with Crippen LogP contribution < -0.4 is 5.73 Å². The molecule has 2 unspecified atom stereocenters. The Morgan fingerprint density at radius 2 is 2.06 bits per heavy atom. The lowest BCUT2D eigenvalue weighted by Gasteiger charge is -2.19. The SMILES string of the molecule is CCC(N)C(C)c1cnnc2ccccc12. The van der Waals surface area contributed by atoms with Crippen LogP contribution in [0.15, 0.2) is 30.5 Å². The predicted octanol–water partition coefficient (Wildman–Crippen LogP) is 2.47. The van der Waals surface area contributed by atoms with Crippen LogP contribution in [0.3, 0.4) is 0 Å². The summed E-state index contributed by atoms with van der Waals surface area (Å²) in [6.45, 7) is 4.26. The summed E-state index contributed by atoms with van der Waals surface area (Å²) in [5, 5.41) is 9.32. The number of hydrogen-bond acceptors (Lipinski definition) is 3. The fourth-order valence-electron chi connectivity index (χ4n) is 1.97. The molecule has 2 atom stereocenters. The van der Waals surface area contributed by atoms with E-state index in [-0.39, 0.29) is 6.04 Å². The van der Waals surface area contributed by atoms with Gasteiger partial charge in [-0.2, -0.15) is 10.2 Å². The minimum atomic E-state index is 0.174. The zero-order valence-electron chi connectivity index (χ0n) is 9.72. The van der Waals surface area contributed by atoms with Gasteiger partial charge in [-0.05, 0) is 24.0 Å². The third-order valence-corrected chi connectivity index (χ3v) is 3.18. The minimum absolute atomic E-state index is 0.174. The van der Waals surface area contributed by atoms with Crippen molar-refractivity contribution in [3.63, 3.8) is 0 Å². The van der Waals surface area contributed by atoms with Gasteiger partial charge in [-0.15, -0.1) is 0 Å². The summed E-state index contributed by atoms with van der Waals surface area (Å²) in [6.07, 6.45) is 2.81. The molecule has 16 heavy (non-hydrogen) atoms. The van der Waals surface area contributed by atoms with Crippen LogP contribution in [0.1, 0.15) is 31.7 Å². The van der Waals surface area contributed by atoms with Crippen LogP contribution in [0.25, 0.3) is 10.9 Å². The molecule has 1 aromatic carbocycles. The molecule has 0 radical (unpaired) electrons. The minimum Gasteiger partial charge on any atom is -0.327 e. The standard InChI is InChI=1S/C13H17N3/c1-3-12(14)9(2)11-8-15-16-13-7-5-4-6-10(11)13/h4-9,12H,3,14H2,1-2H3. The Labute approximate surface area is 95.7 Å². The molecule has 0 spiro atoms. The third-order valence-electron chi connectivity index (χ3n) is 3.18. The molecule has 0 amide bonds. The first-order chi connectivity index (χ1) is 7.74. The van der Waals surface area contributed by atoms with Crippen LogP contribution in [-0.4, -0.2) is 16.2 Å². The van der Waals surface area contributed by atoms with Crippen LogP contribution in [0.2, 0.25) is 0 Å². The highest BCUT2D eigenvalue weighted by Crippen LogP contribution is 2.25. The van der Waals surface area contributed by atoms with E-state index >= 15 is 0 Å². The highest BCUT2D eigenvalue weighted by Gasteiger charge is 2.16. The average molecular weight is 215 g/mol. The highest BCUT2D eigenvalue weighted by molar-refractivity contribution is 5.81. The summed E-state index contributed by atoms with van der Waals surface area (Å²) < 4.78 is 0. The molecule has 0 saturated carbocycles. The maximum absolute atomic E-state index is 6.09. The van der Waals surface area contributed by atoms with Gasteiger partial charge in [0.2, 0.25) is 0 Å². The van der Waals surface area contributed by atoms with Gasteiger partial charge in [0.05, 0.1) is 11.7 Å². The van der Waals surface area contributed by atoms with Gasteiger partial charge < -0.3 is 5.73 Å². The third kappa shape index (κ3) is 1.91. The van der Waals surface area contributed by atoms with E-state index in [0.717, 1.165) is 17.3 Å². The molecule has 0 bridgehead atoms. The molecule has 2 aromatic rings. The molecule has 0 aliphatic carbocycles. The Bertz CT molecular complexity index is 476. The van der Waals surface area contributed by atoms with E-state index in [1.807, 2.05) is 24.4 Å². The number of hydrogen-bond donors (Lipinski definition) is 1. The quantitative estimate of drug-likeness (QED) is 0.855. The first kappa shape index (κ1) is 11.0. The average Bonchev–Trinajstić information content (AvgIpc) is 2.36. The second-order valence-electron chi connectivity index (χ2n) is 4.18. The van der Waals surface area contributed by atoms with Crippen molar-refractivity contribution >= 4 is 10.9 Å². The van der Waals surface area contributed by atoms with Crippen molar-refractivity contribution in [2.24, 2.45) is 5.73 Å². The van der Waals surface area contributed by atoms with E-state index in [1.54, 1.807) is 0 Å². The smallest absolute Gasteiger partial charge is 0.0932 e. The molecule has 0 aliphatic rings. The number of nitrogens with zero attached hydrogens (tertiary/aromatic N) is 2. The summed E-state index contributed by atoms with van der Waals surface area (Å²) in [5.41, 5.74) is 8.23. The van der Waals surface area contributed by atoms with Crippen molar-refractivity contribution < 1.29 is 0 Å². The van der Waals surface area contributed by atoms with Crippen LogP contribution >= 0.6 is 0 Å². The van der Waals surface area contributed by atoms with Crippen LogP contribution in [0.4, 0.5) is 0 Å². The van der Waals surface area contributed by atoms with E-state index < -0.39 is 0 Å². The number of fused-ring (bicyclic) bond motifs is 1. The van der Waals surface area contributed by atoms with Gasteiger partial charge in [-0.1, -0.05) is 32.0 Å². The number of nitrogens with two attached hydrogens (primary N) is 1. The lowest BCUT2D eigenvalue weighted by atomic mass is 9.91. The van der Waals surface area contributed by atoms with Gasteiger partial charge in [0.15, 0.2) is 0 Å². The Morgan fingerprint density at radius 3 is 2.81 bits per heavy atom. The molecule has 1 heterocycles. The summed E-state index contributed by atoms with van der Waals surface area (Å²) in [4.78, 5) is 0. The fraction of sp³-hybridized carbons (Fsp3) is 0.385. The Balaban J connectivity index is 2.52. The van der Waals surface area contributed by atoms with E-state index in [2.05, 4.69) is 30.1 Å². The first-order valence-electron chi connectivity index (χ1n) is 5.70. The number of aromatic nitrogens is 2. The molecule has 2 rings (SSSR count). The van der Waals surface area contributed by atoms with Gasteiger partial charge in [0.25, 0.3) is 0 Å². The summed E-state index contributed by atoms with van der Waals surface area (Å²) in [5.74, 6) is 0.311. The van der Waals surface area contributed by atoms with E-state index in [9.17, 15) is 0 Å². The van der Waals surface area contributed by atoms with E-state index in [0.29, 0.717) is 5.92 Å². The van der Waals surface area contributed by atoms with Crippen molar-refractivity contribution in [3.05, 3.63) is 36.0 Å². The van der Waals surface area contributed by atoms with Gasteiger partial charge in [0.1, 0.15) is 0 Å². The lowest BCUT2D eigenvalue weighted by molar-refractivity contribution is 0.552. The van der Waals surface area contributed by atoms with Gasteiger partial charge in [-0.3, -0.25) is 0 Å². The Morgan fingerprint density at radius 1 is 1.31 bits per heavy atom. The number of rotatable bonds is 3. The second kappa shape index (κ2) is 4.58. The van der Waals surface area contributed by atoms with Gasteiger partial charge in [-0.25, -0.2) is 0 Å². The normalized spacial score (nSPS) is 14.9. The first-order valence-corrected chi connectivity index (χ1v) is 5.70. The second-order valence-corrected chi connectivity index (χ2v) is 4.18. The maximum atomic E-state index is 6.09. The molecule has 3 nitrogen and oxygen atoms in total. The molecule has 3 heteroatoms. The largest absolute Gasteiger partial charge is 0.327 e. The zero-order valence-corrected chi connectivity index (χ0v) is 9.72. The van der Waals surface area contributed by atoms with E-state index in [4.69, 9.17) is 5.73 Å². The number of benzene rings is 1. The predicted molar refractivity (Wildman–Crippen MR) is 66.2 cm³/mol. The summed E-state index contributed by atoms with van der Waals surface area (Å²) in [6, 6.07) is 8.24. The maximum Gasteiger partial charge on any atom is 0.0932 e. The van der Waals surface area contributed by atoms with Crippen molar-refractivity contribution in [3.8, 4) is 0 Å². The Kier molecular flexibility index (Phi) is 3.15. The molecular formula is C13H17N3. The van der Waals surface area contributed by atoms with Crippen molar-refractivity contribution in [1.82, 2.24) is 10.2 Å². The molecule has 0 fully saturated rings. The molecule has 84 valence electrons. The van der Waals surface area contributed by atoms with E-state index in [1.165, 1.54) is 5.56 Å².